The van der Waals surface area contributed by atoms with Gasteiger partial charge in [0.1, 0.15) is 18.5 Å². The second-order valence-corrected chi connectivity index (χ2v) is 6.37. The van der Waals surface area contributed by atoms with Gasteiger partial charge in [-0.15, -0.1) is 0 Å². The van der Waals surface area contributed by atoms with E-state index in [2.05, 4.69) is 14.9 Å². The van der Waals surface area contributed by atoms with Gasteiger partial charge >= 0.3 is 5.97 Å². The highest BCUT2D eigenvalue weighted by Gasteiger charge is 2.23. The number of fused-ring (bicyclic) bond motifs is 1. The van der Waals surface area contributed by atoms with Gasteiger partial charge in [-0.2, -0.15) is 0 Å². The normalized spacial score (nSPS) is 15.0. The molecular weight excluding hydrogens is 310 g/mol. The Hall–Kier alpha value is -1.89. The van der Waals surface area contributed by atoms with Crippen LogP contribution in [0.2, 0.25) is 0 Å². The van der Waals surface area contributed by atoms with Crippen LogP contribution in [0.25, 0.3) is 0 Å². The number of nitrogens with one attached hydrogen (secondary N) is 1. The first-order chi connectivity index (χ1) is 11.5. The van der Waals surface area contributed by atoms with Gasteiger partial charge in [-0.3, -0.25) is 4.79 Å². The summed E-state index contributed by atoms with van der Waals surface area (Å²) < 4.78 is 12.5. The number of imidazole rings is 1. The molecule has 0 spiro atoms. The molecule has 0 saturated carbocycles. The van der Waals surface area contributed by atoms with Crippen molar-refractivity contribution in [1.82, 2.24) is 14.9 Å². The molecule has 0 bridgehead atoms. The van der Waals surface area contributed by atoms with Gasteiger partial charge in [-0.1, -0.05) is 13.8 Å². The molecule has 0 radical (unpaired) electrons. The van der Waals surface area contributed by atoms with Crippen molar-refractivity contribution in [2.45, 2.75) is 59.2 Å². The summed E-state index contributed by atoms with van der Waals surface area (Å²) >= 11 is 0. The first-order valence-corrected chi connectivity index (χ1v) is 8.58. The van der Waals surface area contributed by atoms with E-state index >= 15 is 0 Å². The van der Waals surface area contributed by atoms with Gasteiger partial charge in [-0.25, -0.2) is 9.78 Å². The standard InChI is InChI=1S/C17H27N3O4/c1-4-24-17(22)14(9-12(2)3)19-16(21)6-5-13-10-18-15-11-23-8-7-20(13)15/h10,12,14H,4-9,11H2,1-3H3,(H,19,21)/t14-/m0/s1. The predicted molar refractivity (Wildman–Crippen MR) is 88.2 cm³/mol. The van der Waals surface area contributed by atoms with Crippen molar-refractivity contribution in [2.24, 2.45) is 5.92 Å². The van der Waals surface area contributed by atoms with Crippen molar-refractivity contribution in [3.05, 3.63) is 17.7 Å². The zero-order valence-electron chi connectivity index (χ0n) is 14.7. The smallest absolute Gasteiger partial charge is 0.328 e. The van der Waals surface area contributed by atoms with E-state index in [-0.39, 0.29) is 11.9 Å². The van der Waals surface area contributed by atoms with Crippen LogP contribution in [0.4, 0.5) is 0 Å². The molecule has 1 aromatic rings. The molecular formula is C17H27N3O4. The lowest BCUT2D eigenvalue weighted by atomic mass is 10.0. The second kappa shape index (κ2) is 8.82. The van der Waals surface area contributed by atoms with Gasteiger partial charge < -0.3 is 19.4 Å². The summed E-state index contributed by atoms with van der Waals surface area (Å²) in [7, 11) is 0. The van der Waals surface area contributed by atoms with E-state index in [0.29, 0.717) is 45.0 Å². The maximum Gasteiger partial charge on any atom is 0.328 e. The fraction of sp³-hybridized carbons (Fsp3) is 0.706. The Bertz CT molecular complexity index is 568. The van der Waals surface area contributed by atoms with Crippen LogP contribution in [0.3, 0.4) is 0 Å². The molecule has 1 aromatic heterocycles. The highest BCUT2D eigenvalue weighted by Crippen LogP contribution is 2.13. The molecule has 0 aromatic carbocycles. The third-order valence-corrected chi connectivity index (χ3v) is 3.93. The predicted octanol–water partition coefficient (Wildman–Crippen LogP) is 1.44. The lowest BCUT2D eigenvalue weighted by molar-refractivity contribution is -0.147. The maximum absolute atomic E-state index is 12.2. The molecule has 0 fully saturated rings. The van der Waals surface area contributed by atoms with E-state index in [1.54, 1.807) is 13.1 Å². The lowest BCUT2D eigenvalue weighted by Gasteiger charge is -2.19. The monoisotopic (exact) mass is 337 g/mol. The van der Waals surface area contributed by atoms with Crippen LogP contribution in [0.5, 0.6) is 0 Å². The largest absolute Gasteiger partial charge is 0.464 e. The number of nitrogens with zero attached hydrogens (tertiary/aromatic N) is 2. The quantitative estimate of drug-likeness (QED) is 0.726. The Balaban J connectivity index is 1.88. The van der Waals surface area contributed by atoms with E-state index in [1.165, 1.54) is 0 Å². The summed E-state index contributed by atoms with van der Waals surface area (Å²) in [5, 5.41) is 2.81. The zero-order chi connectivity index (χ0) is 17.5. The molecule has 1 amide bonds. The number of rotatable bonds is 8. The molecule has 0 saturated heterocycles. The highest BCUT2D eigenvalue weighted by molar-refractivity contribution is 5.84. The van der Waals surface area contributed by atoms with Gasteiger partial charge in [-0.05, 0) is 25.7 Å². The van der Waals surface area contributed by atoms with Crippen LogP contribution in [-0.2, 0) is 38.6 Å². The molecule has 0 unspecified atom stereocenters. The molecule has 24 heavy (non-hydrogen) atoms. The summed E-state index contributed by atoms with van der Waals surface area (Å²) in [5.41, 5.74) is 1.03. The van der Waals surface area contributed by atoms with Crippen LogP contribution in [-0.4, -0.2) is 40.7 Å². The molecule has 1 aliphatic rings. The fourth-order valence-corrected chi connectivity index (χ4v) is 2.80. The summed E-state index contributed by atoms with van der Waals surface area (Å²) in [6.07, 6.45) is 3.29. The van der Waals surface area contributed by atoms with Crippen molar-refractivity contribution in [3.8, 4) is 0 Å². The molecule has 134 valence electrons. The van der Waals surface area contributed by atoms with E-state index in [0.717, 1.165) is 18.1 Å². The van der Waals surface area contributed by atoms with Crippen LogP contribution in [0.15, 0.2) is 6.20 Å². The number of ether oxygens (including phenoxy) is 2. The van der Waals surface area contributed by atoms with E-state index < -0.39 is 6.04 Å². The molecule has 1 atom stereocenters. The van der Waals surface area contributed by atoms with E-state index in [9.17, 15) is 9.59 Å². The van der Waals surface area contributed by atoms with E-state index in [1.807, 2.05) is 13.8 Å². The number of hydrogen-bond acceptors (Lipinski definition) is 5. The number of amides is 1. The maximum atomic E-state index is 12.2. The molecule has 1 aliphatic heterocycles. The Morgan fingerprint density at radius 1 is 1.46 bits per heavy atom. The summed E-state index contributed by atoms with van der Waals surface area (Å²) in [5.74, 6) is 0.692. The third-order valence-electron chi connectivity index (χ3n) is 3.93. The van der Waals surface area contributed by atoms with Crippen LogP contribution >= 0.6 is 0 Å². The topological polar surface area (TPSA) is 82.5 Å². The van der Waals surface area contributed by atoms with Crippen molar-refractivity contribution >= 4 is 11.9 Å². The number of carbonyl (C=O) groups excluding carboxylic acids is 2. The average Bonchev–Trinajstić information content (AvgIpc) is 2.95. The molecule has 2 rings (SSSR count). The Morgan fingerprint density at radius 2 is 2.25 bits per heavy atom. The summed E-state index contributed by atoms with van der Waals surface area (Å²) in [4.78, 5) is 28.5. The number of aromatic nitrogens is 2. The minimum absolute atomic E-state index is 0.142. The SMILES string of the molecule is CCOC(=O)[C@H](CC(C)C)NC(=O)CCc1cnc2n1CCOC2. The minimum Gasteiger partial charge on any atom is -0.464 e. The van der Waals surface area contributed by atoms with Gasteiger partial charge in [0.05, 0.1) is 13.2 Å². The van der Waals surface area contributed by atoms with Gasteiger partial charge in [0.2, 0.25) is 5.91 Å². The number of aryl methyl sites for hydroxylation is 1. The molecule has 7 heteroatoms. The van der Waals surface area contributed by atoms with Crippen LogP contribution < -0.4 is 5.32 Å². The van der Waals surface area contributed by atoms with Gasteiger partial charge in [0, 0.05) is 24.9 Å². The van der Waals surface area contributed by atoms with E-state index in [4.69, 9.17) is 9.47 Å². The van der Waals surface area contributed by atoms with Crippen molar-refractivity contribution in [3.63, 3.8) is 0 Å². The Kier molecular flexibility index (Phi) is 6.78. The lowest BCUT2D eigenvalue weighted by Crippen LogP contribution is -2.42. The Labute approximate surface area is 142 Å². The molecule has 2 heterocycles. The van der Waals surface area contributed by atoms with Crippen molar-refractivity contribution in [2.75, 3.05) is 13.2 Å². The van der Waals surface area contributed by atoms with Gasteiger partial charge in [0.25, 0.3) is 0 Å². The molecule has 0 aliphatic carbocycles. The molecule has 7 nitrogen and oxygen atoms in total. The summed E-state index contributed by atoms with van der Waals surface area (Å²) in [6, 6.07) is -0.579. The second-order valence-electron chi connectivity index (χ2n) is 6.37. The highest BCUT2D eigenvalue weighted by atomic mass is 16.5. The Morgan fingerprint density at radius 3 is 2.96 bits per heavy atom. The van der Waals surface area contributed by atoms with Crippen LogP contribution in [0, 0.1) is 5.92 Å². The first-order valence-electron chi connectivity index (χ1n) is 8.58. The summed E-state index contributed by atoms with van der Waals surface area (Å²) in [6.45, 7) is 8.06. The fourth-order valence-electron chi connectivity index (χ4n) is 2.80. The van der Waals surface area contributed by atoms with Crippen molar-refractivity contribution < 1.29 is 19.1 Å². The number of carbonyl (C=O) groups is 2. The zero-order valence-corrected chi connectivity index (χ0v) is 14.7. The van der Waals surface area contributed by atoms with Crippen molar-refractivity contribution in [1.29, 1.82) is 0 Å². The molecule has 1 N–H and O–H groups in total. The first kappa shape index (κ1) is 18.4. The minimum atomic E-state index is -0.579. The third kappa shape index (κ3) is 5.06. The van der Waals surface area contributed by atoms with Crippen LogP contribution in [0.1, 0.15) is 45.1 Å². The number of hydrogen-bond donors (Lipinski definition) is 1. The average molecular weight is 337 g/mol. The van der Waals surface area contributed by atoms with Gasteiger partial charge in [0.15, 0.2) is 0 Å². The number of esters is 1.